The van der Waals surface area contributed by atoms with Gasteiger partial charge in [-0.1, -0.05) is 30.7 Å². The number of amides is 1. The van der Waals surface area contributed by atoms with Crippen LogP contribution in [0.2, 0.25) is 5.02 Å². The largest absolute Gasteiger partial charge is 0.394 e. The molecule has 0 radical (unpaired) electrons. The molecule has 0 bridgehead atoms. The van der Waals surface area contributed by atoms with E-state index < -0.39 is 6.10 Å². The van der Waals surface area contributed by atoms with Crippen LogP contribution >= 0.6 is 11.6 Å². The van der Waals surface area contributed by atoms with Gasteiger partial charge in [0.2, 0.25) is 5.91 Å². The number of hydrogen-bond donors (Lipinski definition) is 3. The number of nitrogens with one attached hydrogen (secondary N) is 1. The summed E-state index contributed by atoms with van der Waals surface area (Å²) in [5.41, 5.74) is 0.645. The van der Waals surface area contributed by atoms with Gasteiger partial charge in [0.1, 0.15) is 0 Å². The molecule has 1 amide bonds. The van der Waals surface area contributed by atoms with Crippen LogP contribution in [0, 0.1) is 0 Å². The lowest BCUT2D eigenvalue weighted by molar-refractivity contribution is -0.124. The zero-order valence-corrected chi connectivity index (χ0v) is 11.0. The van der Waals surface area contributed by atoms with Crippen molar-refractivity contribution in [3.05, 3.63) is 34.9 Å². The highest BCUT2D eigenvalue weighted by Gasteiger charge is 2.15. The minimum Gasteiger partial charge on any atom is -0.394 e. The van der Waals surface area contributed by atoms with Crippen molar-refractivity contribution in [2.45, 2.75) is 31.9 Å². The number of halogens is 1. The molecule has 2 atom stereocenters. The highest BCUT2D eigenvalue weighted by molar-refractivity contribution is 6.30. The van der Waals surface area contributed by atoms with Crippen LogP contribution in [-0.2, 0) is 4.79 Å². The van der Waals surface area contributed by atoms with Crippen LogP contribution in [0.5, 0.6) is 0 Å². The maximum Gasteiger partial charge on any atom is 0.223 e. The van der Waals surface area contributed by atoms with Crippen LogP contribution in [0.15, 0.2) is 24.3 Å². The second-order valence-corrected chi connectivity index (χ2v) is 4.56. The Labute approximate surface area is 112 Å². The average molecular weight is 272 g/mol. The first kappa shape index (κ1) is 15.0. The van der Waals surface area contributed by atoms with E-state index in [0.717, 1.165) is 0 Å². The van der Waals surface area contributed by atoms with Crippen molar-refractivity contribution in [2.24, 2.45) is 0 Å². The van der Waals surface area contributed by atoms with E-state index in [2.05, 4.69) is 5.32 Å². The molecule has 0 saturated heterocycles. The summed E-state index contributed by atoms with van der Waals surface area (Å²) >= 11 is 5.74. The molecule has 1 rings (SSSR count). The van der Waals surface area contributed by atoms with Crippen LogP contribution < -0.4 is 5.32 Å². The first-order valence-corrected chi connectivity index (χ1v) is 6.28. The number of aliphatic hydroxyl groups excluding tert-OH is 2. The topological polar surface area (TPSA) is 69.6 Å². The van der Waals surface area contributed by atoms with E-state index in [0.29, 0.717) is 17.0 Å². The molecule has 0 aromatic heterocycles. The number of benzene rings is 1. The van der Waals surface area contributed by atoms with Crippen molar-refractivity contribution in [2.75, 3.05) is 6.61 Å². The minimum absolute atomic E-state index is 0.0296. The molecular formula is C13H18ClNO3. The Hall–Kier alpha value is -1.10. The number of hydrogen-bond acceptors (Lipinski definition) is 3. The highest BCUT2D eigenvalue weighted by Crippen LogP contribution is 2.19. The monoisotopic (exact) mass is 271 g/mol. The maximum atomic E-state index is 11.6. The normalized spacial score (nSPS) is 14.0. The Morgan fingerprint density at radius 1 is 1.39 bits per heavy atom. The Morgan fingerprint density at radius 2 is 2.00 bits per heavy atom. The molecule has 0 fully saturated rings. The lowest BCUT2D eigenvalue weighted by Gasteiger charge is -2.16. The van der Waals surface area contributed by atoms with Crippen LogP contribution in [-0.4, -0.2) is 28.8 Å². The fourth-order valence-electron chi connectivity index (χ4n) is 1.54. The van der Waals surface area contributed by atoms with E-state index in [1.54, 1.807) is 24.3 Å². The highest BCUT2D eigenvalue weighted by atomic mass is 35.5. The third-order valence-electron chi connectivity index (χ3n) is 2.71. The second kappa shape index (κ2) is 7.36. The molecule has 5 heteroatoms. The zero-order chi connectivity index (χ0) is 13.5. The molecule has 0 spiro atoms. The first-order valence-electron chi connectivity index (χ1n) is 5.90. The van der Waals surface area contributed by atoms with E-state index in [9.17, 15) is 9.90 Å². The van der Waals surface area contributed by atoms with Crippen LogP contribution in [0.3, 0.4) is 0 Å². The fraction of sp³-hybridized carbons (Fsp3) is 0.462. The van der Waals surface area contributed by atoms with Crippen molar-refractivity contribution < 1.29 is 15.0 Å². The predicted octanol–water partition coefficient (Wildman–Crippen LogP) is 1.65. The van der Waals surface area contributed by atoms with Crippen LogP contribution in [0.25, 0.3) is 0 Å². The summed E-state index contributed by atoms with van der Waals surface area (Å²) in [5.74, 6) is -0.279. The maximum absolute atomic E-state index is 11.6. The Kier molecular flexibility index (Phi) is 6.12. The van der Waals surface area contributed by atoms with Crippen molar-refractivity contribution in [1.82, 2.24) is 5.32 Å². The molecule has 0 saturated carbocycles. The van der Waals surface area contributed by atoms with Gasteiger partial charge in [0.05, 0.1) is 25.2 Å². The summed E-state index contributed by atoms with van der Waals surface area (Å²) < 4.78 is 0. The molecule has 3 N–H and O–H groups in total. The van der Waals surface area contributed by atoms with Gasteiger partial charge in [0.15, 0.2) is 0 Å². The van der Waals surface area contributed by atoms with E-state index in [-0.39, 0.29) is 25.0 Å². The Bertz CT molecular complexity index is 376. The van der Waals surface area contributed by atoms with Crippen molar-refractivity contribution in [3.63, 3.8) is 0 Å². The fourth-order valence-corrected chi connectivity index (χ4v) is 1.67. The Balaban J connectivity index is 2.51. The molecule has 4 nitrogen and oxygen atoms in total. The molecule has 2 unspecified atom stereocenters. The average Bonchev–Trinajstić information content (AvgIpc) is 2.36. The second-order valence-electron chi connectivity index (χ2n) is 4.13. The summed E-state index contributed by atoms with van der Waals surface area (Å²) in [6.45, 7) is 1.77. The van der Waals surface area contributed by atoms with Gasteiger partial charge in [0, 0.05) is 5.02 Å². The molecule has 0 aliphatic rings. The third-order valence-corrected chi connectivity index (χ3v) is 2.96. The molecule has 0 aliphatic carbocycles. The van der Waals surface area contributed by atoms with Gasteiger partial charge in [-0.25, -0.2) is 0 Å². The summed E-state index contributed by atoms with van der Waals surface area (Å²) in [6.07, 6.45) is -0.240. The lowest BCUT2D eigenvalue weighted by atomic mass is 10.1. The smallest absolute Gasteiger partial charge is 0.223 e. The molecule has 0 heterocycles. The molecular weight excluding hydrogens is 254 g/mol. The minimum atomic E-state index is -0.863. The Morgan fingerprint density at radius 3 is 2.50 bits per heavy atom. The van der Waals surface area contributed by atoms with Gasteiger partial charge in [-0.05, 0) is 24.1 Å². The van der Waals surface area contributed by atoms with Gasteiger partial charge in [-0.3, -0.25) is 4.79 Å². The predicted molar refractivity (Wildman–Crippen MR) is 70.3 cm³/mol. The zero-order valence-electron chi connectivity index (χ0n) is 10.3. The van der Waals surface area contributed by atoms with E-state index in [1.807, 2.05) is 6.92 Å². The standard InChI is InChI=1S/C13H18ClNO3/c1-2-11(8-16)15-13(18)7-12(17)9-3-5-10(14)6-4-9/h3-6,11-12,16-17H,2,7-8H2,1H3,(H,15,18). The summed E-state index contributed by atoms with van der Waals surface area (Å²) in [7, 11) is 0. The van der Waals surface area contributed by atoms with Gasteiger partial charge in [-0.15, -0.1) is 0 Å². The molecule has 18 heavy (non-hydrogen) atoms. The van der Waals surface area contributed by atoms with Gasteiger partial charge < -0.3 is 15.5 Å². The number of rotatable bonds is 6. The molecule has 0 aliphatic heterocycles. The lowest BCUT2D eigenvalue weighted by Crippen LogP contribution is -2.37. The van der Waals surface area contributed by atoms with E-state index >= 15 is 0 Å². The third kappa shape index (κ3) is 4.64. The van der Waals surface area contributed by atoms with Gasteiger partial charge >= 0.3 is 0 Å². The van der Waals surface area contributed by atoms with Crippen LogP contribution in [0.1, 0.15) is 31.4 Å². The van der Waals surface area contributed by atoms with E-state index in [4.69, 9.17) is 16.7 Å². The summed E-state index contributed by atoms with van der Waals surface area (Å²) in [4.78, 5) is 11.6. The van der Waals surface area contributed by atoms with Crippen molar-refractivity contribution in [1.29, 1.82) is 0 Å². The SMILES string of the molecule is CCC(CO)NC(=O)CC(O)c1ccc(Cl)cc1. The number of carbonyl (C=O) groups excluding carboxylic acids is 1. The molecule has 1 aromatic rings. The first-order chi connectivity index (χ1) is 8.56. The number of carbonyl (C=O) groups is 1. The molecule has 100 valence electrons. The van der Waals surface area contributed by atoms with Crippen molar-refractivity contribution in [3.8, 4) is 0 Å². The number of aliphatic hydroxyl groups is 2. The summed E-state index contributed by atoms with van der Waals surface area (Å²) in [5, 5.41) is 22.1. The van der Waals surface area contributed by atoms with Crippen LogP contribution in [0.4, 0.5) is 0 Å². The summed E-state index contributed by atoms with van der Waals surface area (Å²) in [6, 6.07) is 6.45. The van der Waals surface area contributed by atoms with Gasteiger partial charge in [0.25, 0.3) is 0 Å². The quantitative estimate of drug-likeness (QED) is 0.737. The van der Waals surface area contributed by atoms with E-state index in [1.165, 1.54) is 0 Å². The van der Waals surface area contributed by atoms with Crippen molar-refractivity contribution >= 4 is 17.5 Å². The van der Waals surface area contributed by atoms with Gasteiger partial charge in [-0.2, -0.15) is 0 Å². The molecule has 1 aromatic carbocycles.